The van der Waals surface area contributed by atoms with Gasteiger partial charge in [-0.2, -0.15) is 0 Å². The van der Waals surface area contributed by atoms with Crippen molar-refractivity contribution >= 4 is 5.97 Å². The van der Waals surface area contributed by atoms with E-state index in [1.807, 2.05) is 0 Å². The summed E-state index contributed by atoms with van der Waals surface area (Å²) in [5.41, 5.74) is -0.142. The largest absolute Gasteiger partial charge is 0.481 e. The van der Waals surface area contributed by atoms with E-state index >= 15 is 0 Å². The van der Waals surface area contributed by atoms with Crippen LogP contribution in [-0.4, -0.2) is 34.6 Å². The first-order valence-electron chi connectivity index (χ1n) is 6.91. The van der Waals surface area contributed by atoms with Gasteiger partial charge in [0.2, 0.25) is 0 Å². The van der Waals surface area contributed by atoms with Crippen LogP contribution in [0.2, 0.25) is 0 Å². The minimum absolute atomic E-state index is 0.142. The van der Waals surface area contributed by atoms with Gasteiger partial charge in [-0.25, -0.2) is 0 Å². The lowest BCUT2D eigenvalue weighted by atomic mass is 9.85. The Balaban J connectivity index is 2.65. The molecule has 1 unspecified atom stereocenters. The van der Waals surface area contributed by atoms with Crippen LogP contribution in [-0.2, 0) is 4.79 Å². The molecule has 1 aliphatic rings. The molecule has 0 aromatic heterocycles. The molecule has 100 valence electrons. The van der Waals surface area contributed by atoms with Crippen LogP contribution >= 0.6 is 0 Å². The highest BCUT2D eigenvalue weighted by atomic mass is 16.4. The van der Waals surface area contributed by atoms with Gasteiger partial charge in [0.25, 0.3) is 0 Å². The lowest BCUT2D eigenvalue weighted by molar-refractivity contribution is -0.140. The summed E-state index contributed by atoms with van der Waals surface area (Å²) >= 11 is 0. The molecule has 3 heteroatoms. The third kappa shape index (κ3) is 4.66. The third-order valence-corrected chi connectivity index (χ3v) is 3.91. The number of rotatable bonds is 6. The van der Waals surface area contributed by atoms with Gasteiger partial charge in [0.1, 0.15) is 0 Å². The number of carboxylic acid groups (broad SMARTS) is 1. The number of hydrogen-bond acceptors (Lipinski definition) is 2. The maximum absolute atomic E-state index is 11.1. The minimum Gasteiger partial charge on any atom is -0.481 e. The van der Waals surface area contributed by atoms with Crippen LogP contribution in [0.15, 0.2) is 0 Å². The van der Waals surface area contributed by atoms with E-state index in [0.717, 1.165) is 25.9 Å². The van der Waals surface area contributed by atoms with Crippen LogP contribution < -0.4 is 0 Å². The van der Waals surface area contributed by atoms with Gasteiger partial charge in [-0.15, -0.1) is 0 Å². The standard InChI is InChI=1S/C14H27NO2/c1-12(2)7-8-14(3,11-13(16)17)15-9-5-4-6-10-15/h12H,4-11H2,1-3H3,(H,16,17). The van der Waals surface area contributed by atoms with Gasteiger partial charge < -0.3 is 5.11 Å². The van der Waals surface area contributed by atoms with Gasteiger partial charge in [-0.05, 0) is 51.6 Å². The summed E-state index contributed by atoms with van der Waals surface area (Å²) in [6, 6.07) is 0. The number of likely N-dealkylation sites (tertiary alicyclic amines) is 1. The van der Waals surface area contributed by atoms with Crippen molar-refractivity contribution in [2.24, 2.45) is 5.92 Å². The van der Waals surface area contributed by atoms with Crippen LogP contribution in [0.1, 0.15) is 59.3 Å². The van der Waals surface area contributed by atoms with Crippen molar-refractivity contribution in [3.05, 3.63) is 0 Å². The van der Waals surface area contributed by atoms with E-state index in [4.69, 9.17) is 5.11 Å². The Hall–Kier alpha value is -0.570. The molecule has 0 radical (unpaired) electrons. The van der Waals surface area contributed by atoms with Crippen LogP contribution in [0.25, 0.3) is 0 Å². The highest BCUT2D eigenvalue weighted by molar-refractivity contribution is 5.68. The van der Waals surface area contributed by atoms with E-state index in [0.29, 0.717) is 5.92 Å². The van der Waals surface area contributed by atoms with Gasteiger partial charge in [-0.1, -0.05) is 20.3 Å². The third-order valence-electron chi connectivity index (χ3n) is 3.91. The Bertz CT molecular complexity index is 247. The lowest BCUT2D eigenvalue weighted by Gasteiger charge is -2.43. The monoisotopic (exact) mass is 241 g/mol. The first kappa shape index (κ1) is 14.5. The topological polar surface area (TPSA) is 40.5 Å². The van der Waals surface area contributed by atoms with Crippen LogP contribution in [0.3, 0.4) is 0 Å². The molecule has 0 spiro atoms. The van der Waals surface area contributed by atoms with Crippen LogP contribution in [0.5, 0.6) is 0 Å². The number of hydrogen-bond donors (Lipinski definition) is 1. The van der Waals surface area contributed by atoms with E-state index in [9.17, 15) is 4.79 Å². The first-order chi connectivity index (χ1) is 7.94. The highest BCUT2D eigenvalue weighted by Crippen LogP contribution is 2.30. The number of piperidine rings is 1. The second-order valence-electron chi connectivity index (χ2n) is 6.05. The molecule has 1 aliphatic heterocycles. The molecule has 0 bridgehead atoms. The second-order valence-corrected chi connectivity index (χ2v) is 6.05. The summed E-state index contributed by atoms with van der Waals surface area (Å²) < 4.78 is 0. The van der Waals surface area contributed by atoms with Crippen molar-refractivity contribution in [3.63, 3.8) is 0 Å². The summed E-state index contributed by atoms with van der Waals surface area (Å²) in [7, 11) is 0. The van der Waals surface area contributed by atoms with Gasteiger partial charge in [0.15, 0.2) is 0 Å². The molecule has 0 aromatic carbocycles. The lowest BCUT2D eigenvalue weighted by Crippen LogP contribution is -2.50. The van der Waals surface area contributed by atoms with Crippen molar-refractivity contribution in [2.75, 3.05) is 13.1 Å². The zero-order valence-corrected chi connectivity index (χ0v) is 11.5. The molecule has 1 saturated heterocycles. The van der Waals surface area contributed by atoms with E-state index in [1.165, 1.54) is 19.3 Å². The first-order valence-corrected chi connectivity index (χ1v) is 6.91. The maximum atomic E-state index is 11.1. The predicted molar refractivity (Wildman–Crippen MR) is 70.2 cm³/mol. The van der Waals surface area contributed by atoms with E-state index < -0.39 is 5.97 Å². The fourth-order valence-electron chi connectivity index (χ4n) is 2.72. The number of aliphatic carboxylic acids is 1. The highest BCUT2D eigenvalue weighted by Gasteiger charge is 2.34. The summed E-state index contributed by atoms with van der Waals surface area (Å²) in [5.74, 6) is -0.0188. The molecule has 0 amide bonds. The number of carboxylic acids is 1. The van der Waals surface area contributed by atoms with Crippen LogP contribution in [0, 0.1) is 5.92 Å². The fraction of sp³-hybridized carbons (Fsp3) is 0.929. The summed E-state index contributed by atoms with van der Waals surface area (Å²) in [5, 5.41) is 9.12. The summed E-state index contributed by atoms with van der Waals surface area (Å²) in [6.45, 7) is 8.69. The van der Waals surface area contributed by atoms with Crippen molar-refractivity contribution in [1.82, 2.24) is 4.90 Å². The molecule has 1 N–H and O–H groups in total. The average molecular weight is 241 g/mol. The van der Waals surface area contributed by atoms with E-state index in [1.54, 1.807) is 0 Å². The molecule has 0 saturated carbocycles. The molecule has 0 aromatic rings. The van der Waals surface area contributed by atoms with Gasteiger partial charge in [-0.3, -0.25) is 9.69 Å². The summed E-state index contributed by atoms with van der Waals surface area (Å²) in [4.78, 5) is 13.5. The quantitative estimate of drug-likeness (QED) is 0.776. The maximum Gasteiger partial charge on any atom is 0.305 e. The molecule has 1 heterocycles. The average Bonchev–Trinajstić information content (AvgIpc) is 2.27. The van der Waals surface area contributed by atoms with Gasteiger partial charge in [0.05, 0.1) is 6.42 Å². The second kappa shape index (κ2) is 6.39. The van der Waals surface area contributed by atoms with Crippen LogP contribution in [0.4, 0.5) is 0 Å². The molecule has 1 fully saturated rings. The van der Waals surface area contributed by atoms with E-state index in [2.05, 4.69) is 25.7 Å². The van der Waals surface area contributed by atoms with Gasteiger partial charge in [0, 0.05) is 5.54 Å². The van der Waals surface area contributed by atoms with E-state index in [-0.39, 0.29) is 12.0 Å². The van der Waals surface area contributed by atoms with Crippen molar-refractivity contribution in [2.45, 2.75) is 64.8 Å². The number of carbonyl (C=O) groups is 1. The molecular weight excluding hydrogens is 214 g/mol. The Morgan fingerprint density at radius 2 is 1.88 bits per heavy atom. The molecule has 17 heavy (non-hydrogen) atoms. The molecule has 1 rings (SSSR count). The Labute approximate surface area is 105 Å². The van der Waals surface area contributed by atoms with Crippen molar-refractivity contribution in [3.8, 4) is 0 Å². The number of nitrogens with zero attached hydrogens (tertiary/aromatic N) is 1. The normalized spacial score (nSPS) is 21.4. The smallest absolute Gasteiger partial charge is 0.305 e. The molecule has 3 nitrogen and oxygen atoms in total. The molecule has 0 aliphatic carbocycles. The molecule has 1 atom stereocenters. The zero-order valence-electron chi connectivity index (χ0n) is 11.5. The summed E-state index contributed by atoms with van der Waals surface area (Å²) in [6.07, 6.45) is 6.12. The predicted octanol–water partition coefficient (Wildman–Crippen LogP) is 3.14. The Kier molecular flexibility index (Phi) is 5.44. The molecular formula is C14H27NO2. The van der Waals surface area contributed by atoms with Gasteiger partial charge >= 0.3 is 5.97 Å². The SMILES string of the molecule is CC(C)CCC(C)(CC(=O)O)N1CCCCC1. The van der Waals surface area contributed by atoms with Crippen molar-refractivity contribution < 1.29 is 9.90 Å². The van der Waals surface area contributed by atoms with Crippen molar-refractivity contribution in [1.29, 1.82) is 0 Å². The Morgan fingerprint density at radius 1 is 1.29 bits per heavy atom. The minimum atomic E-state index is -0.665. The zero-order chi connectivity index (χ0) is 12.9. The fourth-order valence-corrected chi connectivity index (χ4v) is 2.72. The Morgan fingerprint density at radius 3 is 2.35 bits per heavy atom.